The second-order valence-corrected chi connectivity index (χ2v) is 6.02. The topological polar surface area (TPSA) is 67.3 Å². The summed E-state index contributed by atoms with van der Waals surface area (Å²) in [5, 5.41) is 2.71. The van der Waals surface area contributed by atoms with Crippen molar-refractivity contribution in [3.8, 4) is 5.88 Å². The number of aromatic nitrogens is 2. The second kappa shape index (κ2) is 5.39. The first-order valence-corrected chi connectivity index (χ1v) is 7.01. The summed E-state index contributed by atoms with van der Waals surface area (Å²) >= 11 is 0. The molecule has 6 heteroatoms. The Kier molecular flexibility index (Phi) is 3.90. The lowest BCUT2D eigenvalue weighted by Crippen LogP contribution is -2.17. The van der Waals surface area contributed by atoms with Crippen LogP contribution < -0.4 is 10.3 Å². The molecule has 0 aliphatic carbocycles. The van der Waals surface area contributed by atoms with Crippen LogP contribution in [0.15, 0.2) is 28.0 Å². The van der Waals surface area contributed by atoms with Crippen molar-refractivity contribution >= 4 is 12.0 Å². The first kappa shape index (κ1) is 15.9. The lowest BCUT2D eigenvalue weighted by atomic mass is 9.91. The summed E-state index contributed by atoms with van der Waals surface area (Å²) in [6.45, 7) is 7.48. The molecule has 2 heterocycles. The lowest BCUT2D eigenvalue weighted by Gasteiger charge is -2.22. The van der Waals surface area contributed by atoms with Crippen molar-refractivity contribution in [2.75, 3.05) is 7.05 Å². The molecular formula is C16H21N3O3. The number of nitrogens with zero attached hydrogens (tertiary/aromatic N) is 2. The van der Waals surface area contributed by atoms with Crippen LogP contribution in [0.4, 0.5) is 0 Å². The minimum Gasteiger partial charge on any atom is -0.407 e. The molecule has 1 aliphatic rings. The fourth-order valence-electron chi connectivity index (χ4n) is 2.61. The van der Waals surface area contributed by atoms with Crippen molar-refractivity contribution in [3.05, 3.63) is 39.1 Å². The van der Waals surface area contributed by atoms with Crippen molar-refractivity contribution in [2.24, 2.45) is 12.5 Å². The SMILES string of the molecule is CC(=O)Oc1[nH]n(C)c(=O)c1C=C=C1N(C)C(C)=CC1(C)C. The maximum atomic E-state index is 12.1. The molecule has 1 aromatic rings. The van der Waals surface area contributed by atoms with Crippen LogP contribution in [-0.2, 0) is 11.8 Å². The first-order valence-electron chi connectivity index (χ1n) is 7.01. The first-order chi connectivity index (χ1) is 10.1. The van der Waals surface area contributed by atoms with Gasteiger partial charge in [0.15, 0.2) is 0 Å². The molecule has 1 N–H and O–H groups in total. The van der Waals surface area contributed by atoms with E-state index in [9.17, 15) is 9.59 Å². The predicted octanol–water partition coefficient (Wildman–Crippen LogP) is 2.01. The molecule has 0 radical (unpaired) electrons. The zero-order valence-corrected chi connectivity index (χ0v) is 13.8. The van der Waals surface area contributed by atoms with Crippen LogP contribution in [0.3, 0.4) is 0 Å². The van der Waals surface area contributed by atoms with Crippen LogP contribution in [0.2, 0.25) is 0 Å². The number of hydrogen-bond donors (Lipinski definition) is 1. The largest absolute Gasteiger partial charge is 0.407 e. The van der Waals surface area contributed by atoms with E-state index in [0.717, 1.165) is 11.4 Å². The molecule has 6 nitrogen and oxygen atoms in total. The fraction of sp³-hybridized carbons (Fsp3) is 0.438. The number of allylic oxidation sites excluding steroid dienone is 2. The minimum absolute atomic E-state index is 0.135. The summed E-state index contributed by atoms with van der Waals surface area (Å²) < 4.78 is 6.31. The number of carbonyl (C=O) groups is 1. The van der Waals surface area contributed by atoms with Crippen molar-refractivity contribution in [1.82, 2.24) is 14.7 Å². The summed E-state index contributed by atoms with van der Waals surface area (Å²) in [5.74, 6) is -0.351. The van der Waals surface area contributed by atoms with Gasteiger partial charge in [0, 0.05) is 38.2 Å². The molecule has 0 fully saturated rings. The summed E-state index contributed by atoms with van der Waals surface area (Å²) in [6.07, 6.45) is 3.71. The number of carbonyl (C=O) groups excluding carboxylic acids is 1. The van der Waals surface area contributed by atoms with E-state index in [1.165, 1.54) is 11.6 Å². The Morgan fingerprint density at radius 2 is 2.05 bits per heavy atom. The Balaban J connectivity index is 2.53. The van der Waals surface area contributed by atoms with Gasteiger partial charge in [-0.25, -0.2) is 0 Å². The van der Waals surface area contributed by atoms with Gasteiger partial charge in [-0.15, -0.1) is 0 Å². The Morgan fingerprint density at radius 1 is 1.41 bits per heavy atom. The van der Waals surface area contributed by atoms with Gasteiger partial charge in [0.2, 0.25) is 5.88 Å². The van der Waals surface area contributed by atoms with E-state index < -0.39 is 5.97 Å². The predicted molar refractivity (Wildman–Crippen MR) is 84.1 cm³/mol. The third-order valence-electron chi connectivity index (χ3n) is 3.69. The maximum Gasteiger partial charge on any atom is 0.309 e. The molecule has 0 saturated carbocycles. The second-order valence-electron chi connectivity index (χ2n) is 6.02. The number of esters is 1. The van der Waals surface area contributed by atoms with Crippen LogP contribution >= 0.6 is 0 Å². The fourth-order valence-corrected chi connectivity index (χ4v) is 2.61. The van der Waals surface area contributed by atoms with Gasteiger partial charge in [-0.2, -0.15) is 0 Å². The Bertz CT molecular complexity index is 771. The third kappa shape index (κ3) is 2.78. The molecule has 0 spiro atoms. The van der Waals surface area contributed by atoms with Gasteiger partial charge in [-0.05, 0) is 6.92 Å². The average Bonchev–Trinajstić information content (AvgIpc) is 2.74. The molecular weight excluding hydrogens is 282 g/mol. The number of ether oxygens (including phenoxy) is 1. The van der Waals surface area contributed by atoms with E-state index in [1.807, 2.05) is 18.9 Å². The summed E-state index contributed by atoms with van der Waals surface area (Å²) in [6, 6.07) is 0. The van der Waals surface area contributed by atoms with Crippen LogP contribution in [0.25, 0.3) is 6.08 Å². The summed E-state index contributed by atoms with van der Waals surface area (Å²) in [4.78, 5) is 25.3. The normalized spacial score (nSPS) is 16.4. The van der Waals surface area contributed by atoms with E-state index in [0.29, 0.717) is 0 Å². The van der Waals surface area contributed by atoms with E-state index in [2.05, 4.69) is 30.8 Å². The molecule has 2 rings (SSSR count). The van der Waals surface area contributed by atoms with Crippen molar-refractivity contribution < 1.29 is 9.53 Å². The Morgan fingerprint density at radius 3 is 2.55 bits per heavy atom. The number of H-pyrrole nitrogens is 1. The number of aryl methyl sites for hydroxylation is 1. The molecule has 0 bridgehead atoms. The van der Waals surface area contributed by atoms with Crippen LogP contribution in [0.5, 0.6) is 5.88 Å². The summed E-state index contributed by atoms with van der Waals surface area (Å²) in [7, 11) is 3.52. The van der Waals surface area contributed by atoms with Crippen molar-refractivity contribution in [2.45, 2.75) is 27.7 Å². The highest BCUT2D eigenvalue weighted by Gasteiger charge is 2.31. The molecule has 1 aliphatic heterocycles. The van der Waals surface area contributed by atoms with Gasteiger partial charge in [0.25, 0.3) is 5.56 Å². The highest BCUT2D eigenvalue weighted by molar-refractivity contribution is 5.70. The summed E-state index contributed by atoms with van der Waals surface area (Å²) in [5.41, 5.74) is 5.09. The van der Waals surface area contributed by atoms with Crippen LogP contribution in [-0.4, -0.2) is 27.7 Å². The number of nitrogens with one attached hydrogen (secondary N) is 1. The molecule has 0 amide bonds. The van der Waals surface area contributed by atoms with Gasteiger partial charge < -0.3 is 9.64 Å². The molecule has 22 heavy (non-hydrogen) atoms. The quantitative estimate of drug-likeness (QED) is 0.670. The van der Waals surface area contributed by atoms with Gasteiger partial charge in [0.05, 0.1) is 5.70 Å². The lowest BCUT2D eigenvalue weighted by molar-refractivity contribution is -0.132. The van der Waals surface area contributed by atoms with E-state index in [-0.39, 0.29) is 22.4 Å². The third-order valence-corrected chi connectivity index (χ3v) is 3.69. The smallest absolute Gasteiger partial charge is 0.309 e. The Hall–Kier alpha value is -2.46. The molecule has 0 unspecified atom stereocenters. The van der Waals surface area contributed by atoms with Crippen LogP contribution in [0.1, 0.15) is 33.3 Å². The van der Waals surface area contributed by atoms with Crippen LogP contribution in [0, 0.1) is 5.41 Å². The highest BCUT2D eigenvalue weighted by Crippen LogP contribution is 2.38. The Labute approximate surface area is 129 Å². The van der Waals surface area contributed by atoms with Crippen molar-refractivity contribution in [3.63, 3.8) is 0 Å². The number of hydrogen-bond acceptors (Lipinski definition) is 4. The molecule has 0 aromatic carbocycles. The molecule has 118 valence electrons. The highest BCUT2D eigenvalue weighted by atomic mass is 16.5. The van der Waals surface area contributed by atoms with E-state index >= 15 is 0 Å². The monoisotopic (exact) mass is 303 g/mol. The maximum absolute atomic E-state index is 12.1. The van der Waals surface area contributed by atoms with Gasteiger partial charge in [0.1, 0.15) is 5.56 Å². The van der Waals surface area contributed by atoms with E-state index in [4.69, 9.17) is 4.74 Å². The van der Waals surface area contributed by atoms with Gasteiger partial charge >= 0.3 is 5.97 Å². The van der Waals surface area contributed by atoms with Crippen molar-refractivity contribution in [1.29, 1.82) is 0 Å². The molecule has 1 aromatic heterocycles. The average molecular weight is 303 g/mol. The van der Waals surface area contributed by atoms with Gasteiger partial charge in [-0.3, -0.25) is 19.4 Å². The zero-order valence-electron chi connectivity index (χ0n) is 13.8. The number of aromatic amines is 1. The molecule has 0 saturated heterocycles. The van der Waals surface area contributed by atoms with E-state index in [1.54, 1.807) is 13.1 Å². The zero-order chi connectivity index (χ0) is 16.7. The standard InChI is InChI=1S/C16H21N3O3/c1-10-9-16(3,4)13(18(10)5)8-7-12-14(22-11(2)20)17-19(6)15(12)21/h7,9,17H,1-6H3. The molecule has 0 atom stereocenters. The minimum atomic E-state index is -0.486. The van der Waals surface area contributed by atoms with Gasteiger partial charge in [-0.1, -0.05) is 25.7 Å². The number of rotatable bonds is 2.